The molecule has 5 aromatic carbocycles. The molecular formula is C32H18FN3. The summed E-state index contributed by atoms with van der Waals surface area (Å²) < 4.78 is 16.6. The lowest BCUT2D eigenvalue weighted by molar-refractivity contribution is 0.629. The molecule has 0 aliphatic rings. The van der Waals surface area contributed by atoms with Crippen LogP contribution in [0.4, 0.5) is 10.1 Å². The van der Waals surface area contributed by atoms with Crippen LogP contribution in [0.2, 0.25) is 0 Å². The van der Waals surface area contributed by atoms with Crippen LogP contribution < -0.4 is 0 Å². The number of benzene rings is 5. The van der Waals surface area contributed by atoms with Crippen LogP contribution in [0.1, 0.15) is 5.56 Å². The third-order valence-electron chi connectivity index (χ3n) is 6.52. The van der Waals surface area contributed by atoms with Gasteiger partial charge in [0.2, 0.25) is 5.69 Å². The Hall–Kier alpha value is -5.19. The van der Waals surface area contributed by atoms with Crippen molar-refractivity contribution in [2.75, 3.05) is 0 Å². The quantitative estimate of drug-likeness (QED) is 0.242. The Bertz CT molecular complexity index is 1720. The van der Waals surface area contributed by atoms with Gasteiger partial charge >= 0.3 is 0 Å². The molecule has 6 aromatic rings. The highest BCUT2D eigenvalue weighted by atomic mass is 19.1. The fourth-order valence-corrected chi connectivity index (χ4v) is 4.81. The molecule has 0 N–H and O–H groups in total. The average molecular weight is 464 g/mol. The highest BCUT2D eigenvalue weighted by molar-refractivity contribution is 6.11. The van der Waals surface area contributed by atoms with Crippen LogP contribution in [0.3, 0.4) is 0 Å². The molecule has 6 rings (SSSR count). The maximum Gasteiger partial charge on any atom is 0.225 e. The Morgan fingerprint density at radius 3 is 1.67 bits per heavy atom. The molecule has 0 atom stereocenters. The second-order valence-electron chi connectivity index (χ2n) is 8.58. The Morgan fingerprint density at radius 2 is 1.19 bits per heavy atom. The zero-order chi connectivity index (χ0) is 24.6. The van der Waals surface area contributed by atoms with E-state index in [1.54, 1.807) is 0 Å². The van der Waals surface area contributed by atoms with E-state index in [1.165, 1.54) is 12.1 Å². The van der Waals surface area contributed by atoms with E-state index in [0.29, 0.717) is 5.69 Å². The van der Waals surface area contributed by atoms with Crippen molar-refractivity contribution in [2.24, 2.45) is 0 Å². The lowest BCUT2D eigenvalue weighted by atomic mass is 10.0. The highest BCUT2D eigenvalue weighted by Gasteiger charge is 2.18. The molecule has 0 saturated carbocycles. The molecule has 0 aliphatic heterocycles. The molecule has 3 nitrogen and oxygen atoms in total. The third-order valence-corrected chi connectivity index (χ3v) is 6.52. The molecule has 0 unspecified atom stereocenters. The Kier molecular flexibility index (Phi) is 5.07. The zero-order valence-corrected chi connectivity index (χ0v) is 19.1. The lowest BCUT2D eigenvalue weighted by Crippen LogP contribution is -1.96. The number of rotatable bonds is 3. The summed E-state index contributed by atoms with van der Waals surface area (Å²) in [5, 5.41) is 11.6. The minimum absolute atomic E-state index is 0.143. The predicted molar refractivity (Wildman–Crippen MR) is 143 cm³/mol. The largest absolute Gasteiger partial charge is 0.310 e. The monoisotopic (exact) mass is 463 g/mol. The number of hydrogen-bond donors (Lipinski definition) is 0. The van der Waals surface area contributed by atoms with E-state index in [2.05, 4.69) is 53.4 Å². The van der Waals surface area contributed by atoms with E-state index in [4.69, 9.17) is 6.57 Å². The van der Waals surface area contributed by atoms with E-state index in [0.717, 1.165) is 44.1 Å². The minimum Gasteiger partial charge on any atom is -0.310 e. The Balaban J connectivity index is 1.69. The normalized spacial score (nSPS) is 10.9. The summed E-state index contributed by atoms with van der Waals surface area (Å²) in [5.74, 6) is -0.783. The topological polar surface area (TPSA) is 33.1 Å². The summed E-state index contributed by atoms with van der Waals surface area (Å²) in [6.45, 7) is 7.42. The fourth-order valence-electron chi connectivity index (χ4n) is 4.81. The molecule has 0 amide bonds. The van der Waals surface area contributed by atoms with Crippen molar-refractivity contribution < 1.29 is 4.39 Å². The summed E-state index contributed by atoms with van der Waals surface area (Å²) >= 11 is 0. The summed E-state index contributed by atoms with van der Waals surface area (Å²) in [4.78, 5) is 3.33. The van der Waals surface area contributed by atoms with E-state index < -0.39 is 5.82 Å². The SMILES string of the molecule is [C-]#[N+]c1cc(-n2c3ccc(-c4ccccc4)cc3c3cc(-c4ccccc4)ccc32)cc(C#N)c1F. The molecular weight excluding hydrogens is 445 g/mol. The van der Waals surface area contributed by atoms with Crippen LogP contribution in [0.5, 0.6) is 0 Å². The van der Waals surface area contributed by atoms with Crippen molar-refractivity contribution >= 4 is 27.5 Å². The van der Waals surface area contributed by atoms with Gasteiger partial charge in [-0.25, -0.2) is 9.24 Å². The highest BCUT2D eigenvalue weighted by Crippen LogP contribution is 2.38. The lowest BCUT2D eigenvalue weighted by Gasteiger charge is -2.11. The van der Waals surface area contributed by atoms with Gasteiger partial charge in [0.15, 0.2) is 0 Å². The van der Waals surface area contributed by atoms with Crippen molar-refractivity contribution in [3.8, 4) is 34.0 Å². The van der Waals surface area contributed by atoms with Gasteiger partial charge in [-0.1, -0.05) is 72.8 Å². The third kappa shape index (κ3) is 3.41. The van der Waals surface area contributed by atoms with Gasteiger partial charge in [-0.15, -0.1) is 0 Å². The van der Waals surface area contributed by atoms with Crippen LogP contribution in [0, 0.1) is 23.7 Å². The van der Waals surface area contributed by atoms with E-state index in [-0.39, 0.29) is 11.3 Å². The van der Waals surface area contributed by atoms with Crippen molar-refractivity contribution in [1.82, 2.24) is 4.57 Å². The van der Waals surface area contributed by atoms with Crippen molar-refractivity contribution in [3.63, 3.8) is 0 Å². The van der Waals surface area contributed by atoms with Crippen LogP contribution in [0.25, 0.3) is 54.6 Å². The van der Waals surface area contributed by atoms with Crippen molar-refractivity contribution in [1.29, 1.82) is 5.26 Å². The number of nitrogens with zero attached hydrogens (tertiary/aromatic N) is 3. The molecule has 0 saturated heterocycles. The maximum atomic E-state index is 14.6. The van der Waals surface area contributed by atoms with Gasteiger partial charge in [0, 0.05) is 16.5 Å². The number of fused-ring (bicyclic) bond motifs is 3. The first kappa shape index (κ1) is 21.4. The second kappa shape index (κ2) is 8.55. The van der Waals surface area contributed by atoms with Crippen LogP contribution in [0.15, 0.2) is 109 Å². The van der Waals surface area contributed by atoms with E-state index >= 15 is 0 Å². The maximum absolute atomic E-state index is 14.6. The first-order valence-electron chi connectivity index (χ1n) is 11.5. The second-order valence-corrected chi connectivity index (χ2v) is 8.58. The molecule has 0 aliphatic carbocycles. The predicted octanol–water partition coefficient (Wildman–Crippen LogP) is 8.68. The molecule has 0 fully saturated rings. The standard InChI is InChI=1S/C32H18FN3/c1-35-29-19-26(16-25(20-34)32(29)33)36-30-14-12-23(21-8-4-2-5-9-21)17-27(30)28-18-24(13-15-31(28)36)22-10-6-3-7-11-22/h2-19H. The molecule has 36 heavy (non-hydrogen) atoms. The molecule has 0 bridgehead atoms. The molecule has 1 heterocycles. The summed E-state index contributed by atoms with van der Waals surface area (Å²) in [7, 11) is 0. The first-order chi connectivity index (χ1) is 17.7. The number of aromatic nitrogens is 1. The zero-order valence-electron chi connectivity index (χ0n) is 19.1. The van der Waals surface area contributed by atoms with Gasteiger partial charge in [0.25, 0.3) is 0 Å². The minimum atomic E-state index is -0.783. The number of hydrogen-bond acceptors (Lipinski definition) is 1. The van der Waals surface area contributed by atoms with Gasteiger partial charge < -0.3 is 4.57 Å². The van der Waals surface area contributed by atoms with Crippen LogP contribution in [-0.4, -0.2) is 4.57 Å². The summed E-state index contributed by atoms with van der Waals surface area (Å²) in [5.41, 5.74) is 6.52. The molecule has 1 aromatic heterocycles. The average Bonchev–Trinajstić information content (AvgIpc) is 3.27. The van der Waals surface area contributed by atoms with Crippen LogP contribution >= 0.6 is 0 Å². The Morgan fingerprint density at radius 1 is 0.667 bits per heavy atom. The van der Waals surface area contributed by atoms with Crippen molar-refractivity contribution in [2.45, 2.75) is 0 Å². The van der Waals surface area contributed by atoms with Gasteiger partial charge in [-0.05, 0) is 58.7 Å². The smallest absolute Gasteiger partial charge is 0.225 e. The first-order valence-corrected chi connectivity index (χ1v) is 11.5. The van der Waals surface area contributed by atoms with Gasteiger partial charge in [-0.3, -0.25) is 0 Å². The van der Waals surface area contributed by atoms with Gasteiger partial charge in [0.1, 0.15) is 11.9 Å². The summed E-state index contributed by atoms with van der Waals surface area (Å²) in [6.07, 6.45) is 0. The fraction of sp³-hybridized carbons (Fsp3) is 0. The molecule has 4 heteroatoms. The number of halogens is 1. The van der Waals surface area contributed by atoms with E-state index in [9.17, 15) is 9.65 Å². The molecule has 0 spiro atoms. The Labute approximate surface area is 207 Å². The molecule has 0 radical (unpaired) electrons. The van der Waals surface area contributed by atoms with Crippen molar-refractivity contribution in [3.05, 3.63) is 132 Å². The number of nitriles is 1. The van der Waals surface area contributed by atoms with Gasteiger partial charge in [0.05, 0.1) is 23.2 Å². The van der Waals surface area contributed by atoms with E-state index in [1.807, 2.05) is 59.2 Å². The van der Waals surface area contributed by atoms with Gasteiger partial charge in [-0.2, -0.15) is 5.26 Å². The molecule has 168 valence electrons. The van der Waals surface area contributed by atoms with Crippen LogP contribution in [-0.2, 0) is 0 Å². The summed E-state index contributed by atoms with van der Waals surface area (Å²) in [6, 6.07) is 37.9.